The molecule has 0 aliphatic rings. The van der Waals surface area contributed by atoms with E-state index in [0.29, 0.717) is 12.6 Å². The van der Waals surface area contributed by atoms with Gasteiger partial charge in [0.1, 0.15) is 0 Å². The van der Waals surface area contributed by atoms with Gasteiger partial charge >= 0.3 is 0 Å². The number of carbonyl (C=O) groups is 1. The van der Waals surface area contributed by atoms with E-state index in [1.807, 2.05) is 0 Å². The Labute approximate surface area is 68.8 Å². The van der Waals surface area contributed by atoms with Gasteiger partial charge in [-0.05, 0) is 20.4 Å². The van der Waals surface area contributed by atoms with Gasteiger partial charge in [0.05, 0.1) is 6.54 Å². The van der Waals surface area contributed by atoms with Gasteiger partial charge in [-0.15, -0.1) is 0 Å². The lowest BCUT2D eigenvalue weighted by molar-refractivity contribution is -0.122. The Bertz CT molecular complexity index is 123. The Kier molecular flexibility index (Phi) is 4.86. The molecule has 0 bridgehead atoms. The van der Waals surface area contributed by atoms with Crippen LogP contribution in [-0.4, -0.2) is 37.0 Å². The van der Waals surface area contributed by atoms with Gasteiger partial charge < -0.3 is 5.32 Å². The molecule has 0 aromatic rings. The third-order valence-electron chi connectivity index (χ3n) is 1.76. The van der Waals surface area contributed by atoms with E-state index in [1.165, 1.54) is 0 Å². The summed E-state index contributed by atoms with van der Waals surface area (Å²) in [6, 6.07) is 0.442. The van der Waals surface area contributed by atoms with Gasteiger partial charge in [-0.1, -0.05) is 6.92 Å². The maximum atomic E-state index is 10.9. The smallest absolute Gasteiger partial charge is 0.233 e. The molecule has 0 radical (unpaired) electrons. The SMILES string of the molecule is CCN(CC(=O)NC)C(C)C. The molecule has 0 saturated heterocycles. The molecule has 3 heteroatoms. The van der Waals surface area contributed by atoms with Crippen molar-refractivity contribution in [3.63, 3.8) is 0 Å². The fourth-order valence-corrected chi connectivity index (χ4v) is 0.923. The van der Waals surface area contributed by atoms with Crippen molar-refractivity contribution in [1.82, 2.24) is 10.2 Å². The highest BCUT2D eigenvalue weighted by molar-refractivity contribution is 5.77. The van der Waals surface area contributed by atoms with Crippen LogP contribution in [0.15, 0.2) is 0 Å². The molecule has 0 aromatic heterocycles. The summed E-state index contributed by atoms with van der Waals surface area (Å²) in [5, 5.41) is 2.60. The number of rotatable bonds is 4. The van der Waals surface area contributed by atoms with Crippen molar-refractivity contribution >= 4 is 5.91 Å². The molecule has 0 heterocycles. The zero-order chi connectivity index (χ0) is 8.85. The molecular weight excluding hydrogens is 140 g/mol. The third kappa shape index (κ3) is 3.98. The third-order valence-corrected chi connectivity index (χ3v) is 1.76. The summed E-state index contributed by atoms with van der Waals surface area (Å²) in [6.07, 6.45) is 0. The van der Waals surface area contributed by atoms with Crippen LogP contribution in [0.3, 0.4) is 0 Å². The predicted octanol–water partition coefficient (Wildman–Crippen LogP) is 0.463. The highest BCUT2D eigenvalue weighted by atomic mass is 16.1. The molecule has 66 valence electrons. The zero-order valence-corrected chi connectivity index (χ0v) is 7.85. The molecule has 0 fully saturated rings. The fourth-order valence-electron chi connectivity index (χ4n) is 0.923. The van der Waals surface area contributed by atoms with E-state index in [1.54, 1.807) is 7.05 Å². The van der Waals surface area contributed by atoms with Crippen LogP contribution in [0.1, 0.15) is 20.8 Å². The topological polar surface area (TPSA) is 32.3 Å². The minimum absolute atomic E-state index is 0.0838. The molecule has 0 rings (SSSR count). The van der Waals surface area contributed by atoms with Crippen LogP contribution in [0.2, 0.25) is 0 Å². The van der Waals surface area contributed by atoms with E-state index in [0.717, 1.165) is 6.54 Å². The molecule has 0 spiro atoms. The van der Waals surface area contributed by atoms with Crippen molar-refractivity contribution in [2.45, 2.75) is 26.8 Å². The van der Waals surface area contributed by atoms with Gasteiger partial charge in [-0.2, -0.15) is 0 Å². The Morgan fingerprint density at radius 3 is 2.36 bits per heavy atom. The standard InChI is InChI=1S/C8H18N2O/c1-5-10(7(2)3)6-8(11)9-4/h7H,5-6H2,1-4H3,(H,9,11). The van der Waals surface area contributed by atoms with E-state index in [9.17, 15) is 4.79 Å². The summed E-state index contributed by atoms with van der Waals surface area (Å²) in [7, 11) is 1.66. The van der Waals surface area contributed by atoms with Crippen LogP contribution in [0.4, 0.5) is 0 Å². The Balaban J connectivity index is 3.78. The van der Waals surface area contributed by atoms with Crippen LogP contribution in [0.5, 0.6) is 0 Å². The first kappa shape index (κ1) is 10.4. The van der Waals surface area contributed by atoms with Gasteiger partial charge in [0.15, 0.2) is 0 Å². The lowest BCUT2D eigenvalue weighted by Gasteiger charge is -2.23. The summed E-state index contributed by atoms with van der Waals surface area (Å²) in [5.41, 5.74) is 0. The Hall–Kier alpha value is -0.570. The maximum absolute atomic E-state index is 10.9. The molecule has 0 aliphatic heterocycles. The van der Waals surface area contributed by atoms with Crippen LogP contribution in [0, 0.1) is 0 Å². The summed E-state index contributed by atoms with van der Waals surface area (Å²) < 4.78 is 0. The van der Waals surface area contributed by atoms with E-state index < -0.39 is 0 Å². The first-order valence-electron chi connectivity index (χ1n) is 4.06. The fraction of sp³-hybridized carbons (Fsp3) is 0.875. The quantitative estimate of drug-likeness (QED) is 0.644. The first-order chi connectivity index (χ1) is 5.11. The average molecular weight is 158 g/mol. The summed E-state index contributed by atoms with van der Waals surface area (Å²) in [5.74, 6) is 0.0838. The molecule has 0 atom stereocenters. The molecule has 0 saturated carbocycles. The largest absolute Gasteiger partial charge is 0.358 e. The maximum Gasteiger partial charge on any atom is 0.233 e. The Morgan fingerprint density at radius 1 is 1.55 bits per heavy atom. The number of hydrogen-bond acceptors (Lipinski definition) is 2. The predicted molar refractivity (Wildman–Crippen MR) is 46.4 cm³/mol. The normalized spacial score (nSPS) is 10.7. The Morgan fingerprint density at radius 2 is 2.09 bits per heavy atom. The van der Waals surface area contributed by atoms with Gasteiger partial charge in [0.2, 0.25) is 5.91 Å². The van der Waals surface area contributed by atoms with Gasteiger partial charge in [0.25, 0.3) is 0 Å². The van der Waals surface area contributed by atoms with Gasteiger partial charge in [-0.3, -0.25) is 9.69 Å². The number of likely N-dealkylation sites (N-methyl/N-ethyl adjacent to an activating group) is 2. The molecular formula is C8H18N2O. The zero-order valence-electron chi connectivity index (χ0n) is 7.85. The summed E-state index contributed by atoms with van der Waals surface area (Å²) in [6.45, 7) is 7.66. The van der Waals surface area contributed by atoms with Crippen LogP contribution < -0.4 is 5.32 Å². The van der Waals surface area contributed by atoms with Gasteiger partial charge in [0, 0.05) is 13.1 Å². The average Bonchev–Trinajstić information content (AvgIpc) is 1.99. The molecule has 1 amide bonds. The molecule has 0 unspecified atom stereocenters. The van der Waals surface area contributed by atoms with Crippen molar-refractivity contribution in [3.8, 4) is 0 Å². The number of hydrogen-bond donors (Lipinski definition) is 1. The summed E-state index contributed by atoms with van der Waals surface area (Å²) >= 11 is 0. The molecule has 0 aliphatic carbocycles. The van der Waals surface area contributed by atoms with Crippen molar-refractivity contribution in [2.24, 2.45) is 0 Å². The van der Waals surface area contributed by atoms with Crippen molar-refractivity contribution in [3.05, 3.63) is 0 Å². The van der Waals surface area contributed by atoms with Crippen LogP contribution in [0.25, 0.3) is 0 Å². The highest BCUT2D eigenvalue weighted by Gasteiger charge is 2.09. The molecule has 3 nitrogen and oxygen atoms in total. The monoisotopic (exact) mass is 158 g/mol. The lowest BCUT2D eigenvalue weighted by atomic mass is 10.3. The minimum Gasteiger partial charge on any atom is -0.358 e. The second-order valence-corrected chi connectivity index (χ2v) is 2.83. The van der Waals surface area contributed by atoms with E-state index >= 15 is 0 Å². The van der Waals surface area contributed by atoms with Crippen molar-refractivity contribution < 1.29 is 4.79 Å². The van der Waals surface area contributed by atoms with Crippen molar-refractivity contribution in [2.75, 3.05) is 20.1 Å². The van der Waals surface area contributed by atoms with E-state index in [-0.39, 0.29) is 5.91 Å². The first-order valence-corrected chi connectivity index (χ1v) is 4.06. The number of amides is 1. The second-order valence-electron chi connectivity index (χ2n) is 2.83. The van der Waals surface area contributed by atoms with E-state index in [2.05, 4.69) is 31.0 Å². The molecule has 1 N–H and O–H groups in total. The number of nitrogens with one attached hydrogen (secondary N) is 1. The highest BCUT2D eigenvalue weighted by Crippen LogP contribution is 1.95. The molecule has 11 heavy (non-hydrogen) atoms. The summed E-state index contributed by atoms with van der Waals surface area (Å²) in [4.78, 5) is 13.0. The van der Waals surface area contributed by atoms with Crippen LogP contribution in [-0.2, 0) is 4.79 Å². The van der Waals surface area contributed by atoms with Crippen LogP contribution >= 0.6 is 0 Å². The number of carbonyl (C=O) groups excluding carboxylic acids is 1. The lowest BCUT2D eigenvalue weighted by Crippen LogP contribution is -2.39. The van der Waals surface area contributed by atoms with Gasteiger partial charge in [-0.25, -0.2) is 0 Å². The molecule has 0 aromatic carbocycles. The van der Waals surface area contributed by atoms with E-state index in [4.69, 9.17) is 0 Å². The second kappa shape index (κ2) is 5.13. The minimum atomic E-state index is 0.0838. The number of nitrogens with zero attached hydrogens (tertiary/aromatic N) is 1. The van der Waals surface area contributed by atoms with Crippen molar-refractivity contribution in [1.29, 1.82) is 0 Å².